The summed E-state index contributed by atoms with van der Waals surface area (Å²) in [6, 6.07) is 3.79. The molecule has 3 rings (SSSR count). The molecule has 6 heteroatoms. The number of nitrogens with zero attached hydrogens (tertiary/aromatic N) is 1. The summed E-state index contributed by atoms with van der Waals surface area (Å²) in [5.74, 6) is 0. The molecule has 2 aromatic rings. The lowest BCUT2D eigenvalue weighted by Gasteiger charge is -2.32. The van der Waals surface area contributed by atoms with Gasteiger partial charge in [-0.05, 0) is 50.9 Å². The maximum Gasteiger partial charge on any atom is 0.416 e. The number of nitrogens with one attached hydrogen (secondary N) is 1. The number of hydrogen-bond acceptors (Lipinski definition) is 3. The molecular weight excluding hydrogens is 285 g/mol. The van der Waals surface area contributed by atoms with Crippen LogP contribution in [-0.2, 0) is 11.7 Å². The van der Waals surface area contributed by atoms with Crippen molar-refractivity contribution >= 4 is 21.6 Å². The van der Waals surface area contributed by atoms with Crippen molar-refractivity contribution < 1.29 is 13.2 Å². The zero-order valence-electron chi connectivity index (χ0n) is 11.0. The first-order valence-electron chi connectivity index (χ1n) is 6.62. The van der Waals surface area contributed by atoms with Gasteiger partial charge in [0, 0.05) is 0 Å². The third kappa shape index (κ3) is 2.42. The highest BCUT2D eigenvalue weighted by molar-refractivity contribution is 7.18. The van der Waals surface area contributed by atoms with Crippen molar-refractivity contribution in [2.45, 2.75) is 37.9 Å². The van der Waals surface area contributed by atoms with E-state index in [1.54, 1.807) is 0 Å². The van der Waals surface area contributed by atoms with E-state index < -0.39 is 11.7 Å². The SMILES string of the molecule is CC1(c2nc3cc(C(F)(F)F)ccc3s2)CCCCN1. The Morgan fingerprint density at radius 1 is 1.30 bits per heavy atom. The van der Waals surface area contributed by atoms with Gasteiger partial charge in [0.05, 0.1) is 21.3 Å². The molecule has 0 aliphatic carbocycles. The summed E-state index contributed by atoms with van der Waals surface area (Å²) >= 11 is 1.48. The van der Waals surface area contributed by atoms with Crippen LogP contribution in [-0.4, -0.2) is 11.5 Å². The Kier molecular flexibility index (Phi) is 3.25. The number of rotatable bonds is 1. The van der Waals surface area contributed by atoms with Crippen LogP contribution in [0.5, 0.6) is 0 Å². The largest absolute Gasteiger partial charge is 0.416 e. The molecule has 2 nitrogen and oxygen atoms in total. The average Bonchev–Trinajstić information content (AvgIpc) is 2.82. The summed E-state index contributed by atoms with van der Waals surface area (Å²) in [4.78, 5) is 4.44. The molecule has 1 atom stereocenters. The van der Waals surface area contributed by atoms with Gasteiger partial charge in [-0.2, -0.15) is 13.2 Å². The van der Waals surface area contributed by atoms with Crippen LogP contribution in [0.2, 0.25) is 0 Å². The van der Waals surface area contributed by atoms with Crippen molar-refractivity contribution in [1.29, 1.82) is 0 Å². The second-order valence-corrected chi connectivity index (χ2v) is 6.45. The molecule has 2 heterocycles. The summed E-state index contributed by atoms with van der Waals surface area (Å²) in [7, 11) is 0. The van der Waals surface area contributed by atoms with Crippen LogP contribution in [0.4, 0.5) is 13.2 Å². The number of thiazole rings is 1. The van der Waals surface area contributed by atoms with E-state index in [0.29, 0.717) is 5.52 Å². The number of hydrogen-bond donors (Lipinski definition) is 1. The van der Waals surface area contributed by atoms with Gasteiger partial charge >= 0.3 is 6.18 Å². The van der Waals surface area contributed by atoms with E-state index in [9.17, 15) is 13.2 Å². The van der Waals surface area contributed by atoms with Gasteiger partial charge < -0.3 is 5.32 Å². The number of piperidine rings is 1. The van der Waals surface area contributed by atoms with Crippen LogP contribution >= 0.6 is 11.3 Å². The molecule has 0 amide bonds. The van der Waals surface area contributed by atoms with Crippen molar-refractivity contribution in [3.8, 4) is 0 Å². The first-order chi connectivity index (χ1) is 9.38. The molecule has 1 aliphatic rings. The Morgan fingerprint density at radius 2 is 2.10 bits per heavy atom. The summed E-state index contributed by atoms with van der Waals surface area (Å²) in [5.41, 5.74) is -0.405. The average molecular weight is 300 g/mol. The number of halogens is 3. The van der Waals surface area contributed by atoms with Crippen LogP contribution in [0.15, 0.2) is 18.2 Å². The molecule has 1 fully saturated rings. The first-order valence-corrected chi connectivity index (χ1v) is 7.43. The lowest BCUT2D eigenvalue weighted by atomic mass is 9.92. The summed E-state index contributed by atoms with van der Waals surface area (Å²) in [6.07, 6.45) is -1.09. The normalized spacial score (nSPS) is 24.2. The molecule has 1 aromatic carbocycles. The maximum absolute atomic E-state index is 12.7. The molecule has 1 aliphatic heterocycles. The predicted molar refractivity (Wildman–Crippen MR) is 73.8 cm³/mol. The van der Waals surface area contributed by atoms with Gasteiger partial charge in [0.1, 0.15) is 5.01 Å². The number of alkyl halides is 3. The van der Waals surface area contributed by atoms with Gasteiger partial charge in [-0.25, -0.2) is 4.98 Å². The summed E-state index contributed by atoms with van der Waals surface area (Å²) < 4.78 is 39.0. The standard InChI is InChI=1S/C14H15F3N2S/c1-13(6-2-3-7-18-13)12-19-10-8-9(14(15,16)17)4-5-11(10)20-12/h4-5,8,18H,2-3,6-7H2,1H3. The van der Waals surface area contributed by atoms with Crippen molar-refractivity contribution in [2.75, 3.05) is 6.54 Å². The van der Waals surface area contributed by atoms with E-state index in [1.165, 1.54) is 17.4 Å². The fourth-order valence-corrected chi connectivity index (χ4v) is 3.68. The van der Waals surface area contributed by atoms with Gasteiger partial charge in [-0.15, -0.1) is 11.3 Å². The molecule has 0 bridgehead atoms. The van der Waals surface area contributed by atoms with Crippen molar-refractivity contribution in [1.82, 2.24) is 10.3 Å². The Bertz CT molecular complexity index is 627. The zero-order chi connectivity index (χ0) is 14.4. The van der Waals surface area contributed by atoms with Gasteiger partial charge in [0.25, 0.3) is 0 Å². The molecule has 1 N–H and O–H groups in total. The summed E-state index contributed by atoms with van der Waals surface area (Å²) in [6.45, 7) is 3.01. The number of benzene rings is 1. The molecule has 0 radical (unpaired) electrons. The molecular formula is C14H15F3N2S. The van der Waals surface area contributed by atoms with E-state index in [2.05, 4.69) is 17.2 Å². The minimum Gasteiger partial charge on any atom is -0.306 e. The van der Waals surface area contributed by atoms with Crippen LogP contribution in [0.25, 0.3) is 10.2 Å². The lowest BCUT2D eigenvalue weighted by molar-refractivity contribution is -0.137. The van der Waals surface area contributed by atoms with E-state index >= 15 is 0 Å². The first kappa shape index (κ1) is 13.8. The Balaban J connectivity index is 2.02. The topological polar surface area (TPSA) is 24.9 Å². The fourth-order valence-electron chi connectivity index (χ4n) is 2.58. The van der Waals surface area contributed by atoms with Gasteiger partial charge in [-0.1, -0.05) is 0 Å². The van der Waals surface area contributed by atoms with Gasteiger partial charge in [0.2, 0.25) is 0 Å². The van der Waals surface area contributed by atoms with Crippen molar-refractivity contribution in [3.63, 3.8) is 0 Å². The molecule has 0 saturated carbocycles. The molecule has 108 valence electrons. The minimum absolute atomic E-state index is 0.208. The third-order valence-corrected chi connectivity index (χ3v) is 5.11. The molecule has 1 unspecified atom stereocenters. The van der Waals surface area contributed by atoms with Crippen LogP contribution in [0.1, 0.15) is 36.8 Å². The van der Waals surface area contributed by atoms with Crippen molar-refractivity contribution in [3.05, 3.63) is 28.8 Å². The Morgan fingerprint density at radius 3 is 2.75 bits per heavy atom. The smallest absolute Gasteiger partial charge is 0.306 e. The second-order valence-electron chi connectivity index (χ2n) is 5.42. The molecule has 1 aromatic heterocycles. The van der Waals surface area contributed by atoms with Crippen LogP contribution in [0.3, 0.4) is 0 Å². The molecule has 0 spiro atoms. The van der Waals surface area contributed by atoms with Crippen molar-refractivity contribution in [2.24, 2.45) is 0 Å². The quantitative estimate of drug-likeness (QED) is 0.849. The zero-order valence-corrected chi connectivity index (χ0v) is 11.9. The third-order valence-electron chi connectivity index (χ3n) is 3.81. The van der Waals surface area contributed by atoms with Gasteiger partial charge in [-0.3, -0.25) is 0 Å². The predicted octanol–water partition coefficient (Wildman–Crippen LogP) is 4.30. The Labute approximate surface area is 119 Å². The Hall–Kier alpha value is -1.14. The number of aromatic nitrogens is 1. The maximum atomic E-state index is 12.7. The molecule has 20 heavy (non-hydrogen) atoms. The second kappa shape index (κ2) is 4.70. The molecule has 1 saturated heterocycles. The van der Waals surface area contributed by atoms with E-state index in [0.717, 1.165) is 47.6 Å². The number of fused-ring (bicyclic) bond motifs is 1. The highest BCUT2D eigenvalue weighted by Crippen LogP contribution is 2.37. The van der Waals surface area contributed by atoms with Crippen LogP contribution < -0.4 is 5.32 Å². The highest BCUT2D eigenvalue weighted by Gasteiger charge is 2.33. The minimum atomic E-state index is -4.31. The van der Waals surface area contributed by atoms with Gasteiger partial charge in [0.15, 0.2) is 0 Å². The van der Waals surface area contributed by atoms with E-state index in [1.807, 2.05) is 0 Å². The van der Waals surface area contributed by atoms with Crippen LogP contribution in [0, 0.1) is 0 Å². The fraction of sp³-hybridized carbons (Fsp3) is 0.500. The van der Waals surface area contributed by atoms with E-state index in [4.69, 9.17) is 0 Å². The highest BCUT2D eigenvalue weighted by atomic mass is 32.1. The van der Waals surface area contributed by atoms with E-state index in [-0.39, 0.29) is 5.54 Å². The lowest BCUT2D eigenvalue weighted by Crippen LogP contribution is -2.43. The summed E-state index contributed by atoms with van der Waals surface area (Å²) in [5, 5.41) is 4.32. The monoisotopic (exact) mass is 300 g/mol.